The van der Waals surface area contributed by atoms with E-state index < -0.39 is 0 Å². The maximum absolute atomic E-state index is 10.6. The lowest BCUT2D eigenvalue weighted by atomic mass is 10.0. The molecular formula is C16H20OS. The fourth-order valence-electron chi connectivity index (χ4n) is 1.60. The van der Waals surface area contributed by atoms with Crippen LogP contribution in [0.4, 0.5) is 0 Å². The quantitative estimate of drug-likeness (QED) is 0.677. The molecule has 2 heteroatoms. The lowest BCUT2D eigenvalue weighted by Crippen LogP contribution is -1.85. The summed E-state index contributed by atoms with van der Waals surface area (Å²) in [5.74, 6) is 0.558. The standard InChI is InChI=1S/C14H14OS.C2H6/c1-10(2)11-3-5-12(6-4-11)14-8-7-13(9-15)16-14;1-2/h3-10H,1-2H3;1-2H3. The summed E-state index contributed by atoms with van der Waals surface area (Å²) in [6, 6.07) is 12.4. The molecule has 0 atom stereocenters. The minimum atomic E-state index is 0.558. The third-order valence-corrected chi connectivity index (χ3v) is 3.66. The molecule has 1 aromatic carbocycles. The van der Waals surface area contributed by atoms with Crippen molar-refractivity contribution in [3.05, 3.63) is 46.8 Å². The van der Waals surface area contributed by atoms with Crippen LogP contribution in [0.25, 0.3) is 10.4 Å². The molecule has 0 amide bonds. The third kappa shape index (κ3) is 3.54. The molecule has 18 heavy (non-hydrogen) atoms. The van der Waals surface area contributed by atoms with E-state index in [0.29, 0.717) is 5.92 Å². The second-order valence-corrected chi connectivity index (χ2v) is 5.21. The Labute approximate surface area is 113 Å². The molecule has 0 unspecified atom stereocenters. The largest absolute Gasteiger partial charge is 0.297 e. The van der Waals surface area contributed by atoms with Crippen LogP contribution in [0.2, 0.25) is 0 Å². The van der Waals surface area contributed by atoms with E-state index in [4.69, 9.17) is 0 Å². The number of benzene rings is 1. The van der Waals surface area contributed by atoms with Crippen LogP contribution >= 0.6 is 11.3 Å². The van der Waals surface area contributed by atoms with Crippen molar-refractivity contribution in [1.29, 1.82) is 0 Å². The van der Waals surface area contributed by atoms with Crippen molar-refractivity contribution in [2.75, 3.05) is 0 Å². The molecule has 2 aromatic rings. The van der Waals surface area contributed by atoms with Crippen LogP contribution in [0.15, 0.2) is 36.4 Å². The molecule has 1 aromatic heterocycles. The summed E-state index contributed by atoms with van der Waals surface area (Å²) in [5, 5.41) is 0. The highest BCUT2D eigenvalue weighted by Gasteiger charge is 2.03. The predicted molar refractivity (Wildman–Crippen MR) is 80.6 cm³/mol. The highest BCUT2D eigenvalue weighted by atomic mass is 32.1. The van der Waals surface area contributed by atoms with Crippen molar-refractivity contribution in [2.24, 2.45) is 0 Å². The molecule has 0 aliphatic rings. The van der Waals surface area contributed by atoms with Gasteiger partial charge in [0.1, 0.15) is 0 Å². The van der Waals surface area contributed by atoms with Gasteiger partial charge in [-0.25, -0.2) is 0 Å². The predicted octanol–water partition coefficient (Wildman–Crippen LogP) is 5.38. The zero-order valence-electron chi connectivity index (χ0n) is 11.4. The van der Waals surface area contributed by atoms with Crippen LogP contribution in [0.1, 0.15) is 48.8 Å². The smallest absolute Gasteiger partial charge is 0.160 e. The average Bonchev–Trinajstić information content (AvgIpc) is 2.90. The Morgan fingerprint density at radius 3 is 2.06 bits per heavy atom. The van der Waals surface area contributed by atoms with Gasteiger partial charge in [-0.2, -0.15) is 0 Å². The number of thiophene rings is 1. The molecule has 0 N–H and O–H groups in total. The summed E-state index contributed by atoms with van der Waals surface area (Å²) >= 11 is 1.53. The van der Waals surface area contributed by atoms with E-state index in [1.165, 1.54) is 22.5 Å². The molecule has 0 aliphatic carbocycles. The molecule has 0 saturated heterocycles. The van der Waals surface area contributed by atoms with Gasteiger partial charge in [-0.1, -0.05) is 52.0 Å². The van der Waals surface area contributed by atoms with Crippen LogP contribution in [-0.4, -0.2) is 6.29 Å². The molecule has 0 aliphatic heterocycles. The Bertz CT molecular complexity index is 480. The van der Waals surface area contributed by atoms with Crippen molar-refractivity contribution in [3.8, 4) is 10.4 Å². The Balaban J connectivity index is 0.000000771. The zero-order chi connectivity index (χ0) is 13.5. The van der Waals surface area contributed by atoms with Crippen molar-refractivity contribution >= 4 is 17.6 Å². The minimum absolute atomic E-state index is 0.558. The van der Waals surface area contributed by atoms with Gasteiger partial charge in [0, 0.05) is 4.88 Å². The van der Waals surface area contributed by atoms with Gasteiger partial charge in [0.25, 0.3) is 0 Å². The molecule has 0 saturated carbocycles. The van der Waals surface area contributed by atoms with E-state index in [0.717, 1.165) is 16.0 Å². The molecule has 0 fully saturated rings. The SMILES string of the molecule is CC.CC(C)c1ccc(-c2ccc(C=O)s2)cc1. The molecule has 1 heterocycles. The van der Waals surface area contributed by atoms with E-state index in [2.05, 4.69) is 38.1 Å². The topological polar surface area (TPSA) is 17.1 Å². The molecule has 0 bridgehead atoms. The summed E-state index contributed by atoms with van der Waals surface area (Å²) in [6.07, 6.45) is 0.899. The van der Waals surface area contributed by atoms with Gasteiger partial charge in [-0.05, 0) is 29.2 Å². The average molecular weight is 260 g/mol. The van der Waals surface area contributed by atoms with Crippen LogP contribution in [0, 0.1) is 0 Å². The van der Waals surface area contributed by atoms with Gasteiger partial charge >= 0.3 is 0 Å². The first kappa shape index (κ1) is 14.7. The molecule has 1 nitrogen and oxygen atoms in total. The number of carbonyl (C=O) groups is 1. The molecule has 2 rings (SSSR count). The lowest BCUT2D eigenvalue weighted by Gasteiger charge is -2.05. The number of rotatable bonds is 3. The van der Waals surface area contributed by atoms with E-state index in [9.17, 15) is 4.79 Å². The van der Waals surface area contributed by atoms with E-state index in [1.807, 2.05) is 26.0 Å². The van der Waals surface area contributed by atoms with Crippen molar-refractivity contribution < 1.29 is 4.79 Å². The Morgan fingerprint density at radius 1 is 1.00 bits per heavy atom. The van der Waals surface area contributed by atoms with Gasteiger partial charge in [0.05, 0.1) is 4.88 Å². The molecule has 0 radical (unpaired) electrons. The fraction of sp³-hybridized carbons (Fsp3) is 0.312. The first-order valence-corrected chi connectivity index (χ1v) is 7.17. The van der Waals surface area contributed by atoms with E-state index in [-0.39, 0.29) is 0 Å². The number of hydrogen-bond acceptors (Lipinski definition) is 2. The number of aldehydes is 1. The second kappa shape index (κ2) is 7.12. The first-order chi connectivity index (χ1) is 8.70. The van der Waals surface area contributed by atoms with Gasteiger partial charge < -0.3 is 0 Å². The lowest BCUT2D eigenvalue weighted by molar-refractivity contribution is 0.112. The van der Waals surface area contributed by atoms with Gasteiger partial charge in [-0.3, -0.25) is 4.79 Å². The van der Waals surface area contributed by atoms with Gasteiger partial charge in [0.2, 0.25) is 0 Å². The van der Waals surface area contributed by atoms with E-state index >= 15 is 0 Å². The second-order valence-electron chi connectivity index (χ2n) is 4.10. The molecular weight excluding hydrogens is 240 g/mol. The Hall–Kier alpha value is -1.41. The zero-order valence-corrected chi connectivity index (χ0v) is 12.3. The summed E-state index contributed by atoms with van der Waals surface area (Å²) < 4.78 is 0. The van der Waals surface area contributed by atoms with E-state index in [1.54, 1.807) is 0 Å². The maximum atomic E-state index is 10.6. The molecule has 0 spiro atoms. The third-order valence-electron chi connectivity index (χ3n) is 2.60. The van der Waals surface area contributed by atoms with Crippen LogP contribution < -0.4 is 0 Å². The van der Waals surface area contributed by atoms with Crippen LogP contribution in [-0.2, 0) is 0 Å². The number of hydrogen-bond donors (Lipinski definition) is 0. The Morgan fingerprint density at radius 2 is 1.61 bits per heavy atom. The normalized spacial score (nSPS) is 9.83. The minimum Gasteiger partial charge on any atom is -0.297 e. The monoisotopic (exact) mass is 260 g/mol. The summed E-state index contributed by atoms with van der Waals surface area (Å²) in [7, 11) is 0. The maximum Gasteiger partial charge on any atom is 0.160 e. The summed E-state index contributed by atoms with van der Waals surface area (Å²) in [5.41, 5.74) is 2.53. The Kier molecular flexibility index (Phi) is 5.79. The van der Waals surface area contributed by atoms with Crippen LogP contribution in [0.3, 0.4) is 0 Å². The highest BCUT2D eigenvalue weighted by Crippen LogP contribution is 2.28. The summed E-state index contributed by atoms with van der Waals surface area (Å²) in [6.45, 7) is 8.37. The van der Waals surface area contributed by atoms with Crippen molar-refractivity contribution in [3.63, 3.8) is 0 Å². The van der Waals surface area contributed by atoms with Crippen molar-refractivity contribution in [1.82, 2.24) is 0 Å². The van der Waals surface area contributed by atoms with Gasteiger partial charge in [-0.15, -0.1) is 11.3 Å². The van der Waals surface area contributed by atoms with Gasteiger partial charge in [0.15, 0.2) is 6.29 Å². The highest BCUT2D eigenvalue weighted by molar-refractivity contribution is 7.17. The fourth-order valence-corrected chi connectivity index (χ4v) is 2.43. The summed E-state index contributed by atoms with van der Waals surface area (Å²) in [4.78, 5) is 12.5. The first-order valence-electron chi connectivity index (χ1n) is 6.36. The number of carbonyl (C=O) groups excluding carboxylic acids is 1. The van der Waals surface area contributed by atoms with Crippen molar-refractivity contribution in [2.45, 2.75) is 33.6 Å². The van der Waals surface area contributed by atoms with Crippen LogP contribution in [0.5, 0.6) is 0 Å². The molecule has 96 valence electrons.